The van der Waals surface area contributed by atoms with Crippen LogP contribution in [0.25, 0.3) is 10.1 Å². The lowest BCUT2D eigenvalue weighted by molar-refractivity contribution is -0.139. The molecule has 1 fully saturated rings. The standard InChI is InChI=1S/C18H14ClN3O2S2/c19-12-7-5-11(6-8-12)18-22(17(24)10-25-18)20-16(23)9-14-13-3-1-2-4-15(13)26-21-14/h1-8,18H,9-10H2,(H,20,23). The zero-order chi connectivity index (χ0) is 18.1. The molecular weight excluding hydrogens is 390 g/mol. The molecule has 1 aliphatic rings. The van der Waals surface area contributed by atoms with Gasteiger partial charge in [-0.05, 0) is 35.3 Å². The van der Waals surface area contributed by atoms with Crippen molar-refractivity contribution < 1.29 is 9.59 Å². The van der Waals surface area contributed by atoms with Gasteiger partial charge in [0.1, 0.15) is 5.37 Å². The zero-order valence-corrected chi connectivity index (χ0v) is 15.9. The van der Waals surface area contributed by atoms with Crippen LogP contribution in [-0.4, -0.2) is 26.9 Å². The lowest BCUT2D eigenvalue weighted by Crippen LogP contribution is -2.45. The summed E-state index contributed by atoms with van der Waals surface area (Å²) < 4.78 is 5.42. The van der Waals surface area contributed by atoms with Crippen LogP contribution in [0.2, 0.25) is 5.02 Å². The van der Waals surface area contributed by atoms with Crippen molar-refractivity contribution in [3.63, 3.8) is 0 Å². The average molecular weight is 404 g/mol. The van der Waals surface area contributed by atoms with E-state index in [9.17, 15) is 9.59 Å². The van der Waals surface area contributed by atoms with Crippen LogP contribution < -0.4 is 5.43 Å². The summed E-state index contributed by atoms with van der Waals surface area (Å²) in [7, 11) is 0. The molecule has 1 aromatic heterocycles. The van der Waals surface area contributed by atoms with Gasteiger partial charge in [-0.3, -0.25) is 15.0 Å². The Labute approximate surface area is 163 Å². The molecular formula is C18H14ClN3O2S2. The number of thioether (sulfide) groups is 1. The van der Waals surface area contributed by atoms with Crippen LogP contribution in [-0.2, 0) is 16.0 Å². The fourth-order valence-corrected chi connectivity index (χ4v) is 4.84. The Kier molecular flexibility index (Phi) is 4.84. The molecule has 3 aromatic rings. The van der Waals surface area contributed by atoms with E-state index in [0.29, 0.717) is 10.8 Å². The number of fused-ring (bicyclic) bond motifs is 1. The molecule has 4 rings (SSSR count). The van der Waals surface area contributed by atoms with Crippen molar-refractivity contribution in [2.45, 2.75) is 11.8 Å². The zero-order valence-electron chi connectivity index (χ0n) is 13.5. The molecule has 2 amide bonds. The van der Waals surface area contributed by atoms with Crippen molar-refractivity contribution in [2.75, 3.05) is 5.75 Å². The van der Waals surface area contributed by atoms with Crippen molar-refractivity contribution in [2.24, 2.45) is 0 Å². The summed E-state index contributed by atoms with van der Waals surface area (Å²) >= 11 is 8.78. The SMILES string of the molecule is O=C(Cc1nsc2ccccc12)NN1C(=O)CSC1c1ccc(Cl)cc1. The van der Waals surface area contributed by atoms with Crippen molar-refractivity contribution >= 4 is 56.8 Å². The van der Waals surface area contributed by atoms with Gasteiger partial charge in [0.25, 0.3) is 5.91 Å². The number of rotatable bonds is 4. The Hall–Kier alpha value is -2.09. The summed E-state index contributed by atoms with van der Waals surface area (Å²) in [5.41, 5.74) is 4.40. The van der Waals surface area contributed by atoms with Gasteiger partial charge < -0.3 is 0 Å². The van der Waals surface area contributed by atoms with Gasteiger partial charge in [0, 0.05) is 10.4 Å². The lowest BCUT2D eigenvalue weighted by Gasteiger charge is -2.24. The third-order valence-electron chi connectivity index (χ3n) is 4.05. The minimum atomic E-state index is -0.254. The van der Waals surface area contributed by atoms with E-state index in [-0.39, 0.29) is 23.6 Å². The molecule has 0 bridgehead atoms. The van der Waals surface area contributed by atoms with E-state index in [0.717, 1.165) is 21.3 Å². The second-order valence-corrected chi connectivity index (χ2v) is 8.13. The van der Waals surface area contributed by atoms with E-state index in [1.165, 1.54) is 28.3 Å². The van der Waals surface area contributed by atoms with Gasteiger partial charge >= 0.3 is 0 Å². The van der Waals surface area contributed by atoms with Crippen LogP contribution in [0.1, 0.15) is 16.6 Å². The monoisotopic (exact) mass is 403 g/mol. The topological polar surface area (TPSA) is 62.3 Å². The third kappa shape index (κ3) is 3.42. The molecule has 2 aromatic carbocycles. The first kappa shape index (κ1) is 17.3. The van der Waals surface area contributed by atoms with Crippen molar-refractivity contribution in [1.82, 2.24) is 14.8 Å². The second-order valence-electron chi connectivity index (χ2n) is 5.82. The number of halogens is 1. The Balaban J connectivity index is 1.50. The molecule has 2 heterocycles. The highest BCUT2D eigenvalue weighted by Crippen LogP contribution is 2.37. The largest absolute Gasteiger partial charge is 0.273 e. The van der Waals surface area contributed by atoms with Crippen molar-refractivity contribution in [3.8, 4) is 0 Å². The molecule has 8 heteroatoms. The number of aromatic nitrogens is 1. The van der Waals surface area contributed by atoms with Crippen LogP contribution >= 0.6 is 34.9 Å². The Morgan fingerprint density at radius 2 is 2.00 bits per heavy atom. The van der Waals surface area contributed by atoms with E-state index in [1.54, 1.807) is 12.1 Å². The summed E-state index contributed by atoms with van der Waals surface area (Å²) in [6.45, 7) is 0. The van der Waals surface area contributed by atoms with Gasteiger partial charge in [-0.15, -0.1) is 11.8 Å². The van der Waals surface area contributed by atoms with Crippen molar-refractivity contribution in [3.05, 3.63) is 64.8 Å². The van der Waals surface area contributed by atoms with Crippen LogP contribution in [0, 0.1) is 0 Å². The van der Waals surface area contributed by atoms with E-state index in [4.69, 9.17) is 11.6 Å². The smallest absolute Gasteiger partial charge is 0.252 e. The Morgan fingerprint density at radius 3 is 2.81 bits per heavy atom. The number of benzene rings is 2. The summed E-state index contributed by atoms with van der Waals surface area (Å²) in [6, 6.07) is 15.1. The number of hydrogen-bond donors (Lipinski definition) is 1. The fourth-order valence-electron chi connectivity index (χ4n) is 2.81. The van der Waals surface area contributed by atoms with Gasteiger partial charge in [-0.1, -0.05) is 41.9 Å². The normalized spacial score (nSPS) is 17.0. The van der Waals surface area contributed by atoms with Gasteiger partial charge in [0.15, 0.2) is 0 Å². The van der Waals surface area contributed by atoms with E-state index in [1.807, 2.05) is 36.4 Å². The quantitative estimate of drug-likeness (QED) is 0.719. The molecule has 0 aliphatic carbocycles. The molecule has 1 N–H and O–H groups in total. The molecule has 0 spiro atoms. The summed E-state index contributed by atoms with van der Waals surface area (Å²) in [4.78, 5) is 24.7. The van der Waals surface area contributed by atoms with Gasteiger partial charge in [0.2, 0.25) is 5.91 Å². The lowest BCUT2D eigenvalue weighted by atomic mass is 10.2. The molecule has 1 unspecified atom stereocenters. The summed E-state index contributed by atoms with van der Waals surface area (Å²) in [5.74, 6) is -0.0463. The molecule has 0 saturated carbocycles. The number of nitrogens with zero attached hydrogens (tertiary/aromatic N) is 2. The summed E-state index contributed by atoms with van der Waals surface area (Å²) in [5, 5.41) is 2.76. The van der Waals surface area contributed by atoms with Crippen LogP contribution in [0.4, 0.5) is 0 Å². The van der Waals surface area contributed by atoms with E-state index < -0.39 is 0 Å². The van der Waals surface area contributed by atoms with Crippen LogP contribution in [0.15, 0.2) is 48.5 Å². The minimum absolute atomic E-state index is 0.119. The average Bonchev–Trinajstić information content (AvgIpc) is 3.21. The minimum Gasteiger partial charge on any atom is -0.273 e. The summed E-state index contributed by atoms with van der Waals surface area (Å²) in [6.07, 6.45) is 0.131. The molecule has 26 heavy (non-hydrogen) atoms. The highest BCUT2D eigenvalue weighted by molar-refractivity contribution is 8.00. The first-order valence-electron chi connectivity index (χ1n) is 7.94. The maximum Gasteiger partial charge on any atom is 0.252 e. The van der Waals surface area contributed by atoms with Gasteiger partial charge in [0.05, 0.1) is 22.6 Å². The molecule has 1 atom stereocenters. The first-order valence-corrected chi connectivity index (χ1v) is 10.1. The number of nitrogens with one attached hydrogen (secondary N) is 1. The predicted octanol–water partition coefficient (Wildman–Crippen LogP) is 3.80. The molecule has 1 saturated heterocycles. The number of amides is 2. The van der Waals surface area contributed by atoms with Crippen LogP contribution in [0.3, 0.4) is 0 Å². The number of hydrazine groups is 1. The Bertz CT molecular complexity index is 974. The van der Waals surface area contributed by atoms with Crippen LogP contribution in [0.5, 0.6) is 0 Å². The highest BCUT2D eigenvalue weighted by Gasteiger charge is 2.34. The first-order chi connectivity index (χ1) is 12.6. The highest BCUT2D eigenvalue weighted by atomic mass is 35.5. The second kappa shape index (κ2) is 7.26. The maximum atomic E-state index is 12.5. The fraction of sp³-hybridized carbons (Fsp3) is 0.167. The van der Waals surface area contributed by atoms with E-state index in [2.05, 4.69) is 9.80 Å². The van der Waals surface area contributed by atoms with Gasteiger partial charge in [-0.25, -0.2) is 5.01 Å². The maximum absolute atomic E-state index is 12.5. The number of hydrogen-bond acceptors (Lipinski definition) is 5. The predicted molar refractivity (Wildman–Crippen MR) is 105 cm³/mol. The van der Waals surface area contributed by atoms with Gasteiger partial charge in [-0.2, -0.15) is 4.37 Å². The van der Waals surface area contributed by atoms with E-state index >= 15 is 0 Å². The number of carbonyl (C=O) groups is 2. The number of carbonyl (C=O) groups excluding carboxylic acids is 2. The molecule has 1 aliphatic heterocycles. The molecule has 132 valence electrons. The molecule has 0 radical (unpaired) electrons. The Morgan fingerprint density at radius 1 is 1.23 bits per heavy atom. The van der Waals surface area contributed by atoms with Crippen molar-refractivity contribution in [1.29, 1.82) is 0 Å². The molecule has 5 nitrogen and oxygen atoms in total. The third-order valence-corrected chi connectivity index (χ3v) is 6.38.